The minimum atomic E-state index is -0.409. The summed E-state index contributed by atoms with van der Waals surface area (Å²) >= 11 is 0. The maximum atomic E-state index is 11.9. The molecular weight excluding hydrogens is 298 g/mol. The van der Waals surface area contributed by atoms with Crippen LogP contribution in [-0.2, 0) is 11.2 Å². The lowest BCUT2D eigenvalue weighted by Crippen LogP contribution is -2.42. The van der Waals surface area contributed by atoms with Gasteiger partial charge in [-0.05, 0) is 29.8 Å². The molecule has 0 radical (unpaired) electrons. The number of carbonyl (C=O) groups is 2. The standard InChI is InChI=1S/C16H17N3O4/c1-22-13-4-3-11(9-14(13)23-2)10-15(20)18-19-16(21)12-5-7-17-8-6-12/h3-9H,10H2,1-2H3,(H,18,20)(H,19,21). The van der Waals surface area contributed by atoms with Gasteiger partial charge in [0.2, 0.25) is 5.91 Å². The van der Waals surface area contributed by atoms with E-state index in [0.29, 0.717) is 17.1 Å². The van der Waals surface area contributed by atoms with Gasteiger partial charge in [-0.3, -0.25) is 25.4 Å². The van der Waals surface area contributed by atoms with Crippen LogP contribution in [0.25, 0.3) is 0 Å². The number of aromatic nitrogens is 1. The Morgan fingerprint density at radius 3 is 2.35 bits per heavy atom. The molecule has 0 saturated carbocycles. The average molecular weight is 315 g/mol. The zero-order valence-corrected chi connectivity index (χ0v) is 12.8. The van der Waals surface area contributed by atoms with Crippen molar-refractivity contribution in [2.75, 3.05) is 14.2 Å². The SMILES string of the molecule is COc1ccc(CC(=O)NNC(=O)c2ccncc2)cc1OC. The van der Waals surface area contributed by atoms with Gasteiger partial charge in [-0.2, -0.15) is 0 Å². The number of nitrogens with zero attached hydrogens (tertiary/aromatic N) is 1. The van der Waals surface area contributed by atoms with E-state index in [1.807, 2.05) is 0 Å². The molecule has 0 unspecified atom stereocenters. The molecule has 0 aliphatic carbocycles. The van der Waals surface area contributed by atoms with E-state index >= 15 is 0 Å². The quantitative estimate of drug-likeness (QED) is 0.807. The highest BCUT2D eigenvalue weighted by Gasteiger charge is 2.10. The van der Waals surface area contributed by atoms with Gasteiger partial charge in [0.25, 0.3) is 5.91 Å². The molecule has 0 atom stereocenters. The van der Waals surface area contributed by atoms with E-state index in [2.05, 4.69) is 15.8 Å². The Kier molecular flexibility index (Phi) is 5.51. The molecule has 1 heterocycles. The molecule has 0 aliphatic rings. The van der Waals surface area contributed by atoms with Gasteiger partial charge < -0.3 is 9.47 Å². The van der Waals surface area contributed by atoms with Crippen LogP contribution in [0.15, 0.2) is 42.7 Å². The summed E-state index contributed by atoms with van der Waals surface area (Å²) in [5.74, 6) is 0.369. The largest absolute Gasteiger partial charge is 0.493 e. The van der Waals surface area contributed by atoms with Gasteiger partial charge >= 0.3 is 0 Å². The van der Waals surface area contributed by atoms with Crippen molar-refractivity contribution < 1.29 is 19.1 Å². The van der Waals surface area contributed by atoms with E-state index < -0.39 is 5.91 Å². The lowest BCUT2D eigenvalue weighted by atomic mass is 10.1. The summed E-state index contributed by atoms with van der Waals surface area (Å²) in [5.41, 5.74) is 5.86. The molecule has 7 nitrogen and oxygen atoms in total. The van der Waals surface area contributed by atoms with Crippen LogP contribution >= 0.6 is 0 Å². The number of amides is 2. The summed E-state index contributed by atoms with van der Waals surface area (Å²) in [5, 5.41) is 0. The van der Waals surface area contributed by atoms with Crippen LogP contribution in [0.1, 0.15) is 15.9 Å². The highest BCUT2D eigenvalue weighted by molar-refractivity contribution is 5.95. The van der Waals surface area contributed by atoms with Gasteiger partial charge in [0, 0.05) is 18.0 Å². The lowest BCUT2D eigenvalue weighted by Gasteiger charge is -2.10. The van der Waals surface area contributed by atoms with Gasteiger partial charge in [-0.25, -0.2) is 0 Å². The maximum absolute atomic E-state index is 11.9. The second kappa shape index (κ2) is 7.79. The van der Waals surface area contributed by atoms with Gasteiger partial charge in [-0.15, -0.1) is 0 Å². The van der Waals surface area contributed by atoms with E-state index in [1.165, 1.54) is 19.5 Å². The van der Waals surface area contributed by atoms with Crippen LogP contribution in [0.5, 0.6) is 11.5 Å². The van der Waals surface area contributed by atoms with Crippen LogP contribution in [0, 0.1) is 0 Å². The third kappa shape index (κ3) is 4.44. The first-order valence-electron chi connectivity index (χ1n) is 6.84. The van der Waals surface area contributed by atoms with Crippen LogP contribution in [-0.4, -0.2) is 31.0 Å². The van der Waals surface area contributed by atoms with Crippen molar-refractivity contribution >= 4 is 11.8 Å². The van der Waals surface area contributed by atoms with Gasteiger partial charge in [0.05, 0.1) is 20.6 Å². The highest BCUT2D eigenvalue weighted by Crippen LogP contribution is 2.27. The Labute approximate surface area is 133 Å². The molecule has 2 amide bonds. The second-order valence-electron chi connectivity index (χ2n) is 4.60. The summed E-state index contributed by atoms with van der Waals surface area (Å²) in [4.78, 5) is 27.5. The molecule has 0 fully saturated rings. The molecule has 0 aliphatic heterocycles. The molecule has 2 aromatic rings. The number of benzene rings is 1. The normalized spacial score (nSPS) is 9.83. The molecule has 0 bridgehead atoms. The molecule has 7 heteroatoms. The number of rotatable bonds is 5. The van der Waals surface area contributed by atoms with E-state index in [-0.39, 0.29) is 12.3 Å². The number of hydrogen-bond acceptors (Lipinski definition) is 5. The van der Waals surface area contributed by atoms with Crippen LogP contribution < -0.4 is 20.3 Å². The predicted octanol–water partition coefficient (Wildman–Crippen LogP) is 1.10. The first-order valence-corrected chi connectivity index (χ1v) is 6.84. The molecule has 0 spiro atoms. The zero-order chi connectivity index (χ0) is 16.7. The van der Waals surface area contributed by atoms with Crippen molar-refractivity contribution in [2.24, 2.45) is 0 Å². The predicted molar refractivity (Wildman–Crippen MR) is 83.1 cm³/mol. The highest BCUT2D eigenvalue weighted by atomic mass is 16.5. The van der Waals surface area contributed by atoms with Crippen LogP contribution in [0.4, 0.5) is 0 Å². The zero-order valence-electron chi connectivity index (χ0n) is 12.8. The van der Waals surface area contributed by atoms with Crippen molar-refractivity contribution in [1.82, 2.24) is 15.8 Å². The Balaban J connectivity index is 1.91. The van der Waals surface area contributed by atoms with E-state index in [9.17, 15) is 9.59 Å². The minimum Gasteiger partial charge on any atom is -0.493 e. The topological polar surface area (TPSA) is 89.6 Å². The molecule has 0 saturated heterocycles. The number of hydrogen-bond donors (Lipinski definition) is 2. The first kappa shape index (κ1) is 16.3. The third-order valence-corrected chi connectivity index (χ3v) is 3.07. The summed E-state index contributed by atoms with van der Waals surface area (Å²) in [7, 11) is 3.06. The second-order valence-corrected chi connectivity index (χ2v) is 4.60. The van der Waals surface area contributed by atoms with Crippen LogP contribution in [0.3, 0.4) is 0 Å². The lowest BCUT2D eigenvalue weighted by molar-refractivity contribution is -0.121. The number of methoxy groups -OCH3 is 2. The Morgan fingerprint density at radius 1 is 1.00 bits per heavy atom. The molecule has 1 aromatic heterocycles. The molecule has 23 heavy (non-hydrogen) atoms. The Morgan fingerprint density at radius 2 is 1.70 bits per heavy atom. The molecule has 2 rings (SSSR count). The van der Waals surface area contributed by atoms with Crippen molar-refractivity contribution in [3.8, 4) is 11.5 Å². The minimum absolute atomic E-state index is 0.0942. The summed E-state index contributed by atoms with van der Waals surface area (Å²) in [6.07, 6.45) is 3.09. The van der Waals surface area contributed by atoms with Gasteiger partial charge in [-0.1, -0.05) is 6.07 Å². The van der Waals surface area contributed by atoms with Gasteiger partial charge in [0.15, 0.2) is 11.5 Å². The fourth-order valence-corrected chi connectivity index (χ4v) is 1.92. The molecule has 1 aromatic carbocycles. The summed E-state index contributed by atoms with van der Waals surface area (Å²) in [6, 6.07) is 8.29. The number of ether oxygens (including phenoxy) is 2. The number of pyridine rings is 1. The first-order chi connectivity index (χ1) is 11.1. The molecule has 2 N–H and O–H groups in total. The number of carbonyl (C=O) groups excluding carboxylic acids is 2. The van der Waals surface area contributed by atoms with E-state index in [4.69, 9.17) is 9.47 Å². The van der Waals surface area contributed by atoms with Crippen LogP contribution in [0.2, 0.25) is 0 Å². The Bertz CT molecular complexity index is 689. The van der Waals surface area contributed by atoms with Gasteiger partial charge in [0.1, 0.15) is 0 Å². The van der Waals surface area contributed by atoms with Crippen molar-refractivity contribution in [3.05, 3.63) is 53.9 Å². The maximum Gasteiger partial charge on any atom is 0.269 e. The molecular formula is C16H17N3O4. The monoisotopic (exact) mass is 315 g/mol. The smallest absolute Gasteiger partial charge is 0.269 e. The fraction of sp³-hybridized carbons (Fsp3) is 0.188. The number of hydrazine groups is 1. The third-order valence-electron chi connectivity index (χ3n) is 3.07. The molecule has 120 valence electrons. The summed E-state index contributed by atoms with van der Waals surface area (Å²) < 4.78 is 10.3. The van der Waals surface area contributed by atoms with Crippen molar-refractivity contribution in [3.63, 3.8) is 0 Å². The fourth-order valence-electron chi connectivity index (χ4n) is 1.92. The number of nitrogens with one attached hydrogen (secondary N) is 2. The van der Waals surface area contributed by atoms with Crippen molar-refractivity contribution in [1.29, 1.82) is 0 Å². The van der Waals surface area contributed by atoms with E-state index in [0.717, 1.165) is 5.56 Å². The summed E-state index contributed by atoms with van der Waals surface area (Å²) in [6.45, 7) is 0. The van der Waals surface area contributed by atoms with E-state index in [1.54, 1.807) is 37.4 Å². The Hall–Kier alpha value is -3.09. The van der Waals surface area contributed by atoms with Crippen molar-refractivity contribution in [2.45, 2.75) is 6.42 Å². The average Bonchev–Trinajstić information content (AvgIpc) is 2.60.